The van der Waals surface area contributed by atoms with Crippen LogP contribution in [0.1, 0.15) is 10.6 Å². The molecule has 5 heteroatoms. The number of aromatic nitrogens is 2. The van der Waals surface area contributed by atoms with E-state index >= 15 is 0 Å². The van der Waals surface area contributed by atoms with Crippen LogP contribution in [0.4, 0.5) is 0 Å². The maximum Gasteiger partial charge on any atom is 0.153 e. The highest BCUT2D eigenvalue weighted by molar-refractivity contribution is 9.10. The molecule has 48 valence electrons. The second-order valence-corrected chi connectivity index (χ2v) is 2.22. The minimum atomic E-state index is -1.30. The smallest absolute Gasteiger partial charge is 0.153 e. The summed E-state index contributed by atoms with van der Waals surface area (Å²) in [5.41, 5.74) is 0. The summed E-state index contributed by atoms with van der Waals surface area (Å²) in [6.45, 7) is 0. The van der Waals surface area contributed by atoms with Crippen molar-refractivity contribution in [2.24, 2.45) is 0 Å². The number of H-pyrrole nitrogens is 1. The van der Waals surface area contributed by atoms with E-state index in [-0.39, 0.29) is 5.82 Å². The van der Waals surface area contributed by atoms with Gasteiger partial charge in [0.25, 0.3) is 0 Å². The molecule has 0 unspecified atom stereocenters. The average molecular weight is 190 g/mol. The van der Waals surface area contributed by atoms with Gasteiger partial charge >= 0.3 is 0 Å². The average Bonchev–Trinajstić information content (AvgIpc) is 2.14. The molecule has 9 heavy (non-hydrogen) atoms. The summed E-state index contributed by atoms with van der Waals surface area (Å²) in [5, 5.41) is 9.99. The fourth-order valence-electron chi connectivity index (χ4n) is 0.403. The van der Waals surface area contributed by atoms with Crippen molar-refractivity contribution in [2.75, 3.05) is 0 Å². The van der Waals surface area contributed by atoms with Crippen LogP contribution in [0.5, 0.6) is 0 Å². The lowest BCUT2D eigenvalue weighted by molar-refractivity contribution is -0.256. The highest BCUT2D eigenvalue weighted by Gasteiger charge is 1.95. The molecule has 0 aliphatic heterocycles. The minimum Gasteiger partial charge on any atom is -0.542 e. The van der Waals surface area contributed by atoms with Gasteiger partial charge in [-0.2, -0.15) is 0 Å². The van der Waals surface area contributed by atoms with Crippen molar-refractivity contribution in [2.45, 2.75) is 0 Å². The number of nitrogens with one attached hydrogen (secondary N) is 1. The molecule has 0 fully saturated rings. The summed E-state index contributed by atoms with van der Waals surface area (Å²) in [6, 6.07) is 0. The summed E-state index contributed by atoms with van der Waals surface area (Å²) in [4.78, 5) is 15.9. The summed E-state index contributed by atoms with van der Waals surface area (Å²) in [6.07, 6.45) is 1.35. The minimum absolute atomic E-state index is 0.165. The van der Waals surface area contributed by atoms with Gasteiger partial charge in [0.1, 0.15) is 10.6 Å². The molecule has 0 saturated carbocycles. The predicted octanol–water partition coefficient (Wildman–Crippen LogP) is -0.464. The van der Waals surface area contributed by atoms with Crippen LogP contribution in [-0.4, -0.2) is 15.9 Å². The first-order valence-corrected chi connectivity index (χ1v) is 2.91. The zero-order valence-electron chi connectivity index (χ0n) is 4.22. The Morgan fingerprint density at radius 3 is 2.78 bits per heavy atom. The Hall–Kier alpha value is -0.840. The van der Waals surface area contributed by atoms with Crippen molar-refractivity contribution in [1.82, 2.24) is 9.97 Å². The van der Waals surface area contributed by atoms with Crippen LogP contribution >= 0.6 is 15.9 Å². The standard InChI is InChI=1S/C4H3BrN2O2/c5-2-1-6-3(7-2)4(8)9/h1H,(H,6,7)(H,8,9)/p-1. The Morgan fingerprint density at radius 2 is 2.56 bits per heavy atom. The van der Waals surface area contributed by atoms with Gasteiger partial charge in [-0.25, -0.2) is 4.98 Å². The molecular weight excluding hydrogens is 188 g/mol. The normalized spacial score (nSPS) is 9.44. The molecule has 1 N–H and O–H groups in total. The van der Waals surface area contributed by atoms with Gasteiger partial charge < -0.3 is 14.9 Å². The van der Waals surface area contributed by atoms with Crippen molar-refractivity contribution < 1.29 is 9.90 Å². The molecule has 0 saturated heterocycles. The second-order valence-electron chi connectivity index (χ2n) is 1.37. The zero-order chi connectivity index (χ0) is 6.85. The lowest BCUT2D eigenvalue weighted by Crippen LogP contribution is -2.23. The van der Waals surface area contributed by atoms with Crippen LogP contribution < -0.4 is 5.11 Å². The SMILES string of the molecule is O=C([O-])c1ncc(Br)[nH]1. The van der Waals surface area contributed by atoms with E-state index in [0.717, 1.165) is 0 Å². The third kappa shape index (κ3) is 1.29. The molecule has 1 aromatic rings. The van der Waals surface area contributed by atoms with E-state index in [4.69, 9.17) is 0 Å². The van der Waals surface area contributed by atoms with Crippen LogP contribution in [0.25, 0.3) is 0 Å². The van der Waals surface area contributed by atoms with Gasteiger partial charge in [0.05, 0.1) is 6.20 Å². The first-order chi connectivity index (χ1) is 4.20. The predicted molar refractivity (Wildman–Crippen MR) is 30.6 cm³/mol. The largest absolute Gasteiger partial charge is 0.542 e. The maximum atomic E-state index is 9.99. The van der Waals surface area contributed by atoms with Crippen molar-refractivity contribution in [3.8, 4) is 0 Å². The van der Waals surface area contributed by atoms with Crippen molar-refractivity contribution in [3.63, 3.8) is 0 Å². The van der Waals surface area contributed by atoms with Gasteiger partial charge in [-0.05, 0) is 15.9 Å². The lowest BCUT2D eigenvalue weighted by Gasteiger charge is -1.91. The van der Waals surface area contributed by atoms with Gasteiger partial charge in [-0.15, -0.1) is 0 Å². The van der Waals surface area contributed by atoms with Gasteiger partial charge in [0.2, 0.25) is 0 Å². The fourth-order valence-corrected chi connectivity index (χ4v) is 0.693. The number of carbonyl (C=O) groups is 1. The first-order valence-electron chi connectivity index (χ1n) is 2.12. The summed E-state index contributed by atoms with van der Waals surface area (Å²) >= 11 is 2.99. The van der Waals surface area contributed by atoms with E-state index in [1.54, 1.807) is 0 Å². The molecule has 1 rings (SSSR count). The van der Waals surface area contributed by atoms with Crippen LogP contribution in [0.15, 0.2) is 10.8 Å². The van der Waals surface area contributed by atoms with Crippen molar-refractivity contribution in [1.29, 1.82) is 0 Å². The number of aromatic amines is 1. The number of rotatable bonds is 1. The number of imidazole rings is 1. The number of carboxylic acid groups (broad SMARTS) is 1. The van der Waals surface area contributed by atoms with Crippen LogP contribution in [0.3, 0.4) is 0 Å². The summed E-state index contributed by atoms with van der Waals surface area (Å²) < 4.78 is 0.529. The van der Waals surface area contributed by atoms with Crippen molar-refractivity contribution in [3.05, 3.63) is 16.6 Å². The lowest BCUT2D eigenvalue weighted by atomic mass is 10.6. The quantitative estimate of drug-likeness (QED) is 0.651. The highest BCUT2D eigenvalue weighted by Crippen LogP contribution is 2.03. The Balaban J connectivity index is 2.98. The Kier molecular flexibility index (Phi) is 1.52. The highest BCUT2D eigenvalue weighted by atomic mass is 79.9. The van der Waals surface area contributed by atoms with E-state index < -0.39 is 5.97 Å². The number of hydrogen-bond donors (Lipinski definition) is 1. The van der Waals surface area contributed by atoms with Gasteiger partial charge in [-0.1, -0.05) is 0 Å². The van der Waals surface area contributed by atoms with E-state index in [1.807, 2.05) is 0 Å². The summed E-state index contributed by atoms with van der Waals surface area (Å²) in [5.74, 6) is -1.47. The topological polar surface area (TPSA) is 68.8 Å². The molecule has 1 aromatic heterocycles. The number of carboxylic acids is 1. The van der Waals surface area contributed by atoms with E-state index in [0.29, 0.717) is 4.60 Å². The molecule has 0 amide bonds. The zero-order valence-corrected chi connectivity index (χ0v) is 5.81. The summed E-state index contributed by atoms with van der Waals surface area (Å²) in [7, 11) is 0. The molecule has 4 nitrogen and oxygen atoms in total. The number of nitrogens with zero attached hydrogens (tertiary/aromatic N) is 1. The van der Waals surface area contributed by atoms with Gasteiger partial charge in [0.15, 0.2) is 5.82 Å². The number of carbonyl (C=O) groups excluding carboxylic acids is 1. The van der Waals surface area contributed by atoms with Crippen LogP contribution in [0.2, 0.25) is 0 Å². The number of hydrogen-bond acceptors (Lipinski definition) is 3. The van der Waals surface area contributed by atoms with E-state index in [9.17, 15) is 9.90 Å². The molecule has 0 radical (unpaired) electrons. The van der Waals surface area contributed by atoms with Crippen molar-refractivity contribution >= 4 is 21.9 Å². The van der Waals surface area contributed by atoms with Gasteiger partial charge in [0, 0.05) is 0 Å². The molecule has 0 atom stereocenters. The Bertz CT molecular complexity index is 232. The van der Waals surface area contributed by atoms with Crippen LogP contribution in [-0.2, 0) is 0 Å². The fraction of sp³-hybridized carbons (Fsp3) is 0. The first kappa shape index (κ1) is 6.28. The molecular formula is C4H2BrN2O2-. The number of halogens is 1. The number of aromatic carboxylic acids is 1. The molecule has 0 aliphatic rings. The molecule has 0 aromatic carbocycles. The third-order valence-electron chi connectivity index (χ3n) is 0.738. The van der Waals surface area contributed by atoms with E-state index in [2.05, 4.69) is 25.9 Å². The second kappa shape index (κ2) is 2.18. The molecule has 0 bridgehead atoms. The maximum absolute atomic E-state index is 9.99. The molecule has 0 aliphatic carbocycles. The molecule has 0 spiro atoms. The third-order valence-corrected chi connectivity index (χ3v) is 1.14. The van der Waals surface area contributed by atoms with Gasteiger partial charge in [-0.3, -0.25) is 0 Å². The molecule has 1 heterocycles. The Morgan fingerprint density at radius 1 is 1.89 bits per heavy atom. The monoisotopic (exact) mass is 189 g/mol. The van der Waals surface area contributed by atoms with Crippen LogP contribution in [0, 0.1) is 0 Å². The Labute approximate surface area is 59.0 Å². The van der Waals surface area contributed by atoms with E-state index in [1.165, 1.54) is 6.20 Å².